The molecule has 0 bridgehead atoms. The molecule has 6 heteroatoms. The van der Waals surface area contributed by atoms with Gasteiger partial charge in [0.05, 0.1) is 17.1 Å². The molecule has 20 heavy (non-hydrogen) atoms. The fraction of sp³-hybridized carbons (Fsp3) is 0.286. The minimum absolute atomic E-state index is 0.118. The normalized spacial score (nSPS) is 14.3. The van der Waals surface area contributed by atoms with Gasteiger partial charge in [-0.1, -0.05) is 6.07 Å². The molecular weight excluding hydrogens is 259 g/mol. The fourth-order valence-electron chi connectivity index (χ4n) is 2.14. The van der Waals surface area contributed by atoms with E-state index in [1.165, 1.54) is 6.07 Å². The number of nitrogens with two attached hydrogens (primary N) is 1. The van der Waals surface area contributed by atoms with Crippen LogP contribution in [-0.2, 0) is 0 Å². The fourth-order valence-corrected chi connectivity index (χ4v) is 2.14. The zero-order valence-corrected chi connectivity index (χ0v) is 11.0. The molecule has 0 spiro atoms. The molecule has 0 aliphatic heterocycles. The first-order valence-electron chi connectivity index (χ1n) is 6.47. The molecule has 1 aliphatic carbocycles. The number of anilines is 2. The molecule has 1 aromatic carbocycles. The summed E-state index contributed by atoms with van der Waals surface area (Å²) in [5.74, 6) is -0.615. The zero-order chi connectivity index (χ0) is 14.3. The third kappa shape index (κ3) is 2.24. The van der Waals surface area contributed by atoms with E-state index in [0.29, 0.717) is 11.6 Å². The number of carbonyl (C=O) groups is 1. The minimum Gasteiger partial charge on any atom is -0.395 e. The number of benzene rings is 1. The molecule has 1 aromatic heterocycles. The average Bonchev–Trinajstić information content (AvgIpc) is 3.17. The van der Waals surface area contributed by atoms with Gasteiger partial charge in [0.25, 0.3) is 5.91 Å². The maximum atomic E-state index is 13.6. The van der Waals surface area contributed by atoms with Gasteiger partial charge in [0.1, 0.15) is 5.82 Å². The van der Waals surface area contributed by atoms with E-state index in [0.717, 1.165) is 24.1 Å². The number of amides is 1. The van der Waals surface area contributed by atoms with Crippen molar-refractivity contribution in [3.8, 4) is 0 Å². The summed E-state index contributed by atoms with van der Waals surface area (Å²) in [6.07, 6.45) is 2.11. The van der Waals surface area contributed by atoms with Gasteiger partial charge in [-0.3, -0.25) is 9.89 Å². The quantitative estimate of drug-likeness (QED) is 0.804. The number of rotatable bonds is 3. The Kier molecular flexibility index (Phi) is 2.93. The summed E-state index contributed by atoms with van der Waals surface area (Å²) in [5.41, 5.74) is 8.19. The summed E-state index contributed by atoms with van der Waals surface area (Å²) >= 11 is 0. The van der Waals surface area contributed by atoms with Gasteiger partial charge in [0, 0.05) is 5.92 Å². The van der Waals surface area contributed by atoms with E-state index >= 15 is 0 Å². The second-order valence-corrected chi connectivity index (χ2v) is 5.11. The van der Waals surface area contributed by atoms with Crippen molar-refractivity contribution in [2.45, 2.75) is 25.7 Å². The Morgan fingerprint density at radius 2 is 2.25 bits per heavy atom. The first-order valence-corrected chi connectivity index (χ1v) is 6.47. The van der Waals surface area contributed by atoms with E-state index in [1.807, 2.05) is 6.92 Å². The number of nitrogen functional groups attached to an aromatic ring is 1. The van der Waals surface area contributed by atoms with Crippen molar-refractivity contribution in [2.24, 2.45) is 0 Å². The standard InChI is InChI=1S/C14H15FN4O/c1-7-2-5-9(15)10(6-7)17-14(20)13-11(16)12(18-19-13)8-3-4-8/h2,5-6,8H,3-4,16H2,1H3,(H,17,20)(H,18,19). The molecule has 1 aliphatic rings. The lowest BCUT2D eigenvalue weighted by Gasteiger charge is -2.06. The Morgan fingerprint density at radius 1 is 1.50 bits per heavy atom. The number of aryl methyl sites for hydroxylation is 1. The molecule has 0 radical (unpaired) electrons. The molecule has 2 aromatic rings. The third-order valence-corrected chi connectivity index (χ3v) is 3.40. The Hall–Kier alpha value is -2.37. The molecule has 5 nitrogen and oxygen atoms in total. The van der Waals surface area contributed by atoms with Crippen molar-refractivity contribution in [3.05, 3.63) is 41.0 Å². The molecule has 1 heterocycles. The molecule has 0 atom stereocenters. The lowest BCUT2D eigenvalue weighted by molar-refractivity contribution is 0.102. The lowest BCUT2D eigenvalue weighted by atomic mass is 10.2. The van der Waals surface area contributed by atoms with Crippen LogP contribution in [-0.4, -0.2) is 16.1 Å². The summed E-state index contributed by atoms with van der Waals surface area (Å²) in [4.78, 5) is 12.1. The summed E-state index contributed by atoms with van der Waals surface area (Å²) < 4.78 is 13.6. The van der Waals surface area contributed by atoms with Crippen molar-refractivity contribution >= 4 is 17.3 Å². The highest BCUT2D eigenvalue weighted by Gasteiger charge is 2.30. The highest BCUT2D eigenvalue weighted by atomic mass is 19.1. The van der Waals surface area contributed by atoms with Gasteiger partial charge in [-0.15, -0.1) is 0 Å². The van der Waals surface area contributed by atoms with Gasteiger partial charge in [0.15, 0.2) is 5.69 Å². The van der Waals surface area contributed by atoms with Crippen LogP contribution in [0, 0.1) is 12.7 Å². The molecule has 1 amide bonds. The number of halogens is 1. The third-order valence-electron chi connectivity index (χ3n) is 3.40. The van der Waals surface area contributed by atoms with E-state index < -0.39 is 11.7 Å². The molecule has 3 rings (SSSR count). The molecule has 0 unspecified atom stereocenters. The van der Waals surface area contributed by atoms with Crippen LogP contribution in [0.4, 0.5) is 15.8 Å². The van der Waals surface area contributed by atoms with Crippen LogP contribution in [0.15, 0.2) is 18.2 Å². The van der Waals surface area contributed by atoms with Crippen LogP contribution in [0.1, 0.15) is 40.5 Å². The first kappa shape index (κ1) is 12.7. The summed E-state index contributed by atoms with van der Waals surface area (Å²) in [6, 6.07) is 4.52. The molecule has 1 saturated carbocycles. The van der Waals surface area contributed by atoms with E-state index in [4.69, 9.17) is 5.73 Å². The van der Waals surface area contributed by atoms with Gasteiger partial charge in [-0.05, 0) is 37.5 Å². The summed E-state index contributed by atoms with van der Waals surface area (Å²) in [6.45, 7) is 1.82. The Morgan fingerprint density at radius 3 is 2.95 bits per heavy atom. The van der Waals surface area contributed by atoms with Crippen LogP contribution >= 0.6 is 0 Å². The van der Waals surface area contributed by atoms with Crippen molar-refractivity contribution < 1.29 is 9.18 Å². The predicted molar refractivity (Wildman–Crippen MR) is 74.1 cm³/mol. The second kappa shape index (κ2) is 4.63. The predicted octanol–water partition coefficient (Wildman–Crippen LogP) is 2.57. The SMILES string of the molecule is Cc1ccc(F)c(NC(=O)c2n[nH]c(C3CC3)c2N)c1. The first-order chi connectivity index (χ1) is 9.56. The number of hydrogen-bond donors (Lipinski definition) is 3. The van der Waals surface area contributed by atoms with E-state index in [2.05, 4.69) is 15.5 Å². The van der Waals surface area contributed by atoms with Crippen molar-refractivity contribution in [3.63, 3.8) is 0 Å². The molecule has 1 fully saturated rings. The number of hydrogen-bond acceptors (Lipinski definition) is 3. The number of nitrogens with zero attached hydrogens (tertiary/aromatic N) is 1. The van der Waals surface area contributed by atoms with Crippen molar-refractivity contribution in [1.82, 2.24) is 10.2 Å². The molecule has 104 valence electrons. The summed E-state index contributed by atoms with van der Waals surface area (Å²) in [5, 5.41) is 9.24. The number of aromatic nitrogens is 2. The highest BCUT2D eigenvalue weighted by Crippen LogP contribution is 2.42. The molecule has 4 N–H and O–H groups in total. The molecule has 0 saturated heterocycles. The van der Waals surface area contributed by atoms with Crippen molar-refractivity contribution in [2.75, 3.05) is 11.1 Å². The lowest BCUT2D eigenvalue weighted by Crippen LogP contribution is -2.15. The summed E-state index contributed by atoms with van der Waals surface area (Å²) in [7, 11) is 0. The van der Waals surface area contributed by atoms with Crippen LogP contribution < -0.4 is 11.1 Å². The topological polar surface area (TPSA) is 83.8 Å². The van der Waals surface area contributed by atoms with Gasteiger partial charge in [0.2, 0.25) is 0 Å². The number of carbonyl (C=O) groups excluding carboxylic acids is 1. The Labute approximate surface area is 115 Å². The molecular formula is C14H15FN4O. The van der Waals surface area contributed by atoms with E-state index in [1.54, 1.807) is 12.1 Å². The van der Waals surface area contributed by atoms with Crippen LogP contribution in [0.25, 0.3) is 0 Å². The average molecular weight is 274 g/mol. The Balaban J connectivity index is 1.84. The second-order valence-electron chi connectivity index (χ2n) is 5.11. The van der Waals surface area contributed by atoms with Gasteiger partial charge in [-0.2, -0.15) is 5.10 Å². The highest BCUT2D eigenvalue weighted by molar-refractivity contribution is 6.06. The minimum atomic E-state index is -0.504. The van der Waals surface area contributed by atoms with Gasteiger partial charge < -0.3 is 11.1 Å². The van der Waals surface area contributed by atoms with Crippen LogP contribution in [0.5, 0.6) is 0 Å². The number of nitrogens with one attached hydrogen (secondary N) is 2. The number of H-pyrrole nitrogens is 1. The monoisotopic (exact) mass is 274 g/mol. The van der Waals surface area contributed by atoms with E-state index in [9.17, 15) is 9.18 Å². The van der Waals surface area contributed by atoms with E-state index in [-0.39, 0.29) is 11.4 Å². The zero-order valence-electron chi connectivity index (χ0n) is 11.0. The smallest absolute Gasteiger partial charge is 0.278 e. The van der Waals surface area contributed by atoms with Crippen LogP contribution in [0.2, 0.25) is 0 Å². The number of aromatic amines is 1. The van der Waals surface area contributed by atoms with Crippen molar-refractivity contribution in [1.29, 1.82) is 0 Å². The largest absolute Gasteiger partial charge is 0.395 e. The maximum Gasteiger partial charge on any atom is 0.278 e. The van der Waals surface area contributed by atoms with Gasteiger partial charge in [-0.25, -0.2) is 4.39 Å². The Bertz CT molecular complexity index is 676. The maximum absolute atomic E-state index is 13.6. The van der Waals surface area contributed by atoms with Crippen LogP contribution in [0.3, 0.4) is 0 Å². The van der Waals surface area contributed by atoms with Gasteiger partial charge >= 0.3 is 0 Å².